The molecule has 1 amide bonds. The fourth-order valence-electron chi connectivity index (χ4n) is 3.67. The lowest BCUT2D eigenvalue weighted by Crippen LogP contribution is -2.46. The molecule has 1 saturated heterocycles. The molecule has 0 spiro atoms. The largest absolute Gasteiger partial charge is 0.336 e. The van der Waals surface area contributed by atoms with Crippen molar-refractivity contribution in [1.29, 1.82) is 0 Å². The van der Waals surface area contributed by atoms with Gasteiger partial charge in [0.25, 0.3) is 0 Å². The Morgan fingerprint density at radius 2 is 1.70 bits per heavy atom. The van der Waals surface area contributed by atoms with Crippen LogP contribution in [0.1, 0.15) is 32.3 Å². The minimum absolute atomic E-state index is 0.0121. The van der Waals surface area contributed by atoms with Crippen molar-refractivity contribution < 1.29 is 13.2 Å². The molecule has 0 radical (unpaired) electrons. The third-order valence-corrected chi connectivity index (χ3v) is 8.08. The number of sulfonamides is 1. The van der Waals surface area contributed by atoms with E-state index in [2.05, 4.69) is 0 Å². The summed E-state index contributed by atoms with van der Waals surface area (Å²) in [6, 6.07) is 13.8. The molecule has 1 aliphatic rings. The van der Waals surface area contributed by atoms with E-state index in [1.807, 2.05) is 24.8 Å². The number of benzene rings is 2. The van der Waals surface area contributed by atoms with Gasteiger partial charge in [-0.25, -0.2) is 8.42 Å². The van der Waals surface area contributed by atoms with Crippen molar-refractivity contribution in [3.63, 3.8) is 0 Å². The molecule has 162 valence electrons. The van der Waals surface area contributed by atoms with Crippen molar-refractivity contribution in [1.82, 2.24) is 9.21 Å². The van der Waals surface area contributed by atoms with Crippen LogP contribution in [0.25, 0.3) is 0 Å². The Hall–Kier alpha value is -1.60. The van der Waals surface area contributed by atoms with Crippen LogP contribution in [0, 0.1) is 5.92 Å². The van der Waals surface area contributed by atoms with Crippen LogP contribution in [0.5, 0.6) is 0 Å². The van der Waals surface area contributed by atoms with E-state index in [-0.39, 0.29) is 17.9 Å². The van der Waals surface area contributed by atoms with Crippen LogP contribution in [0.3, 0.4) is 0 Å². The third-order valence-electron chi connectivity index (χ3n) is 5.43. The lowest BCUT2D eigenvalue weighted by atomic mass is 9.95. The van der Waals surface area contributed by atoms with Gasteiger partial charge in [0.15, 0.2) is 0 Å². The van der Waals surface area contributed by atoms with Gasteiger partial charge in [0, 0.05) is 31.6 Å². The highest BCUT2D eigenvalue weighted by Gasteiger charge is 2.34. The Bertz CT molecular complexity index is 989. The summed E-state index contributed by atoms with van der Waals surface area (Å²) in [5.41, 5.74) is 0.913. The summed E-state index contributed by atoms with van der Waals surface area (Å²) in [7, 11) is -3.52. The molecule has 0 atom stereocenters. The maximum Gasteiger partial charge on any atom is 0.243 e. The second-order valence-electron chi connectivity index (χ2n) is 7.80. The van der Waals surface area contributed by atoms with Crippen LogP contribution in [-0.2, 0) is 21.4 Å². The second-order valence-corrected chi connectivity index (χ2v) is 10.6. The maximum atomic E-state index is 13.2. The predicted molar refractivity (Wildman–Crippen MR) is 120 cm³/mol. The molecule has 2 aromatic carbocycles. The zero-order chi connectivity index (χ0) is 21.9. The van der Waals surface area contributed by atoms with Crippen molar-refractivity contribution in [3.8, 4) is 0 Å². The average Bonchev–Trinajstić information content (AvgIpc) is 2.74. The Morgan fingerprint density at radius 3 is 2.27 bits per heavy atom. The molecular weight excluding hydrogens is 443 g/mol. The first-order valence-corrected chi connectivity index (χ1v) is 12.2. The monoisotopic (exact) mass is 468 g/mol. The van der Waals surface area contributed by atoms with Gasteiger partial charge in [0.1, 0.15) is 0 Å². The van der Waals surface area contributed by atoms with E-state index in [4.69, 9.17) is 23.2 Å². The number of hydrogen-bond acceptors (Lipinski definition) is 3. The Kier molecular flexibility index (Phi) is 7.45. The van der Waals surface area contributed by atoms with E-state index in [0.29, 0.717) is 47.4 Å². The van der Waals surface area contributed by atoms with Crippen LogP contribution >= 0.6 is 23.2 Å². The standard InChI is InChI=1S/C22H26Cl2N2O3S/c1-16(2)26(15-17-8-9-20(23)21(24)14-17)22(27)18-10-12-25(13-11-18)30(28,29)19-6-4-3-5-7-19/h3-9,14,16,18H,10-13,15H2,1-2H3. The molecule has 0 aliphatic carbocycles. The SMILES string of the molecule is CC(C)N(Cc1ccc(Cl)c(Cl)c1)C(=O)C1CCN(S(=O)(=O)c2ccccc2)CC1. The summed E-state index contributed by atoms with van der Waals surface area (Å²) in [4.78, 5) is 15.3. The molecule has 3 rings (SSSR count). The van der Waals surface area contributed by atoms with Gasteiger partial charge >= 0.3 is 0 Å². The van der Waals surface area contributed by atoms with E-state index in [1.165, 1.54) is 4.31 Å². The number of halogens is 2. The summed E-state index contributed by atoms with van der Waals surface area (Å²) in [6.45, 7) is 5.07. The first-order valence-electron chi connectivity index (χ1n) is 9.99. The third kappa shape index (κ3) is 5.17. The van der Waals surface area contributed by atoms with E-state index >= 15 is 0 Å². The summed E-state index contributed by atoms with van der Waals surface area (Å²) < 4.78 is 27.1. The zero-order valence-electron chi connectivity index (χ0n) is 17.1. The Labute approximate surface area is 188 Å². The van der Waals surface area contributed by atoms with Crippen LogP contribution in [0.15, 0.2) is 53.4 Å². The fourth-order valence-corrected chi connectivity index (χ4v) is 5.48. The van der Waals surface area contributed by atoms with E-state index in [1.54, 1.807) is 42.5 Å². The minimum atomic E-state index is -3.52. The molecule has 1 heterocycles. The van der Waals surface area contributed by atoms with Crippen molar-refractivity contribution in [3.05, 3.63) is 64.1 Å². The van der Waals surface area contributed by atoms with Gasteiger partial charge in [-0.15, -0.1) is 0 Å². The normalized spacial score (nSPS) is 16.0. The molecule has 8 heteroatoms. The van der Waals surface area contributed by atoms with Crippen LogP contribution in [0.4, 0.5) is 0 Å². The van der Waals surface area contributed by atoms with Crippen molar-refractivity contribution in [2.45, 2.75) is 44.2 Å². The maximum absolute atomic E-state index is 13.2. The first-order chi connectivity index (χ1) is 14.2. The lowest BCUT2D eigenvalue weighted by Gasteiger charge is -2.35. The summed E-state index contributed by atoms with van der Waals surface area (Å²) in [5.74, 6) is -0.148. The van der Waals surface area contributed by atoms with E-state index < -0.39 is 10.0 Å². The molecule has 1 fully saturated rings. The molecule has 1 aliphatic heterocycles. The highest BCUT2D eigenvalue weighted by atomic mass is 35.5. The first kappa shape index (κ1) is 23.1. The van der Waals surface area contributed by atoms with E-state index in [0.717, 1.165) is 5.56 Å². The number of nitrogens with zero attached hydrogens (tertiary/aromatic N) is 2. The summed E-state index contributed by atoms with van der Waals surface area (Å²) >= 11 is 12.1. The molecule has 0 bridgehead atoms. The van der Waals surface area contributed by atoms with Gasteiger partial charge in [-0.3, -0.25) is 4.79 Å². The molecular formula is C22H26Cl2N2O3S. The van der Waals surface area contributed by atoms with Gasteiger partial charge in [0.05, 0.1) is 14.9 Å². The number of piperidine rings is 1. The Morgan fingerprint density at radius 1 is 1.07 bits per heavy atom. The summed E-state index contributed by atoms with van der Waals surface area (Å²) in [6.07, 6.45) is 1.02. The van der Waals surface area contributed by atoms with Gasteiger partial charge in [0.2, 0.25) is 15.9 Å². The van der Waals surface area contributed by atoms with Crippen molar-refractivity contribution >= 4 is 39.1 Å². The molecule has 5 nitrogen and oxygen atoms in total. The number of carbonyl (C=O) groups excluding carboxylic acids is 1. The number of hydrogen-bond donors (Lipinski definition) is 0. The number of rotatable bonds is 6. The molecule has 0 unspecified atom stereocenters. The fraction of sp³-hybridized carbons (Fsp3) is 0.409. The molecule has 0 N–H and O–H groups in total. The van der Waals surface area contributed by atoms with E-state index in [9.17, 15) is 13.2 Å². The van der Waals surface area contributed by atoms with Gasteiger partial charge in [-0.05, 0) is 56.5 Å². The van der Waals surface area contributed by atoms with Crippen molar-refractivity contribution in [2.24, 2.45) is 5.92 Å². The molecule has 0 saturated carbocycles. The second kappa shape index (κ2) is 9.69. The van der Waals surface area contributed by atoms with Gasteiger partial charge in [-0.2, -0.15) is 4.31 Å². The van der Waals surface area contributed by atoms with Crippen LogP contribution < -0.4 is 0 Å². The smallest absolute Gasteiger partial charge is 0.243 e. The zero-order valence-corrected chi connectivity index (χ0v) is 19.4. The lowest BCUT2D eigenvalue weighted by molar-refractivity contribution is -0.139. The molecule has 30 heavy (non-hydrogen) atoms. The molecule has 0 aromatic heterocycles. The highest BCUT2D eigenvalue weighted by Crippen LogP contribution is 2.28. The van der Waals surface area contributed by atoms with Gasteiger partial charge in [-0.1, -0.05) is 47.5 Å². The minimum Gasteiger partial charge on any atom is -0.336 e. The average molecular weight is 469 g/mol. The van der Waals surface area contributed by atoms with Crippen LogP contribution in [-0.4, -0.2) is 42.7 Å². The quantitative estimate of drug-likeness (QED) is 0.609. The highest BCUT2D eigenvalue weighted by molar-refractivity contribution is 7.89. The predicted octanol–water partition coefficient (Wildman–Crippen LogP) is 4.83. The Balaban J connectivity index is 1.67. The van der Waals surface area contributed by atoms with Crippen molar-refractivity contribution in [2.75, 3.05) is 13.1 Å². The molecule has 2 aromatic rings. The van der Waals surface area contributed by atoms with Crippen LogP contribution in [0.2, 0.25) is 10.0 Å². The topological polar surface area (TPSA) is 57.7 Å². The number of amides is 1. The van der Waals surface area contributed by atoms with Gasteiger partial charge < -0.3 is 4.90 Å². The number of carbonyl (C=O) groups is 1. The summed E-state index contributed by atoms with van der Waals surface area (Å²) in [5, 5.41) is 0.944.